The van der Waals surface area contributed by atoms with Crippen LogP contribution in [-0.2, 0) is 11.3 Å². The highest BCUT2D eigenvalue weighted by Crippen LogP contribution is 2.24. The fourth-order valence-corrected chi connectivity index (χ4v) is 2.44. The topological polar surface area (TPSA) is 116 Å². The fraction of sp³-hybridized carbons (Fsp3) is 0.636. The van der Waals surface area contributed by atoms with E-state index in [1.165, 1.54) is 10.9 Å². The third-order valence-corrected chi connectivity index (χ3v) is 3.44. The molecule has 19 heavy (non-hydrogen) atoms. The summed E-state index contributed by atoms with van der Waals surface area (Å²) < 4.78 is 1.26. The minimum absolute atomic E-state index is 0.0123. The summed E-state index contributed by atoms with van der Waals surface area (Å²) >= 11 is 0. The summed E-state index contributed by atoms with van der Waals surface area (Å²) in [5.74, 6) is 0.138. The van der Waals surface area contributed by atoms with Crippen molar-refractivity contribution in [2.45, 2.75) is 31.8 Å². The van der Waals surface area contributed by atoms with Crippen LogP contribution in [0.15, 0.2) is 12.4 Å². The summed E-state index contributed by atoms with van der Waals surface area (Å²) in [6.45, 7) is 0.555. The van der Waals surface area contributed by atoms with Gasteiger partial charge in [-0.1, -0.05) is 6.42 Å². The normalized spacial score (nSPS) is 22.4. The smallest absolute Gasteiger partial charge is 0.307 e. The zero-order chi connectivity index (χ0) is 13.8. The van der Waals surface area contributed by atoms with E-state index < -0.39 is 4.92 Å². The molecule has 104 valence electrons. The maximum absolute atomic E-state index is 11.8. The molecule has 2 rings (SSSR count). The number of carbonyl (C=O) groups is 1. The second-order valence-corrected chi connectivity index (χ2v) is 4.75. The summed E-state index contributed by atoms with van der Waals surface area (Å²) in [6.07, 6.45) is 5.42. The molecule has 0 spiro atoms. The number of carbonyl (C=O) groups excluding carboxylic acids is 1. The largest absolute Gasteiger partial charge is 0.351 e. The van der Waals surface area contributed by atoms with Crippen LogP contribution in [0.4, 0.5) is 5.69 Å². The lowest BCUT2D eigenvalue weighted by Crippen LogP contribution is -2.41. The molecule has 1 aliphatic carbocycles. The Labute approximate surface area is 110 Å². The molecule has 0 bridgehead atoms. The molecule has 1 fully saturated rings. The molecule has 1 aliphatic rings. The van der Waals surface area contributed by atoms with Crippen molar-refractivity contribution >= 4 is 11.6 Å². The molecule has 8 heteroatoms. The predicted molar refractivity (Wildman–Crippen MR) is 67.2 cm³/mol. The van der Waals surface area contributed by atoms with E-state index in [2.05, 4.69) is 10.4 Å². The highest BCUT2D eigenvalue weighted by atomic mass is 16.6. The van der Waals surface area contributed by atoms with Crippen molar-refractivity contribution in [3.05, 3.63) is 22.5 Å². The summed E-state index contributed by atoms with van der Waals surface area (Å²) in [5, 5.41) is 17.2. The molecule has 3 N–H and O–H groups in total. The van der Waals surface area contributed by atoms with Gasteiger partial charge in [0.2, 0.25) is 5.91 Å². The first-order chi connectivity index (χ1) is 9.10. The second kappa shape index (κ2) is 5.79. The van der Waals surface area contributed by atoms with Gasteiger partial charge in [0.15, 0.2) is 0 Å². The first-order valence-electron chi connectivity index (χ1n) is 6.26. The molecule has 2 atom stereocenters. The zero-order valence-electron chi connectivity index (χ0n) is 10.5. The lowest BCUT2D eigenvalue weighted by Gasteiger charge is -2.19. The zero-order valence-corrected chi connectivity index (χ0v) is 10.5. The number of hydrogen-bond donors (Lipinski definition) is 2. The average Bonchev–Trinajstić information content (AvgIpc) is 2.97. The van der Waals surface area contributed by atoms with Gasteiger partial charge in [-0.25, -0.2) is 0 Å². The van der Waals surface area contributed by atoms with Crippen LogP contribution in [0.25, 0.3) is 0 Å². The van der Waals surface area contributed by atoms with Crippen LogP contribution in [-0.4, -0.2) is 33.2 Å². The highest BCUT2D eigenvalue weighted by Gasteiger charge is 2.27. The molecule has 1 aromatic rings. The van der Waals surface area contributed by atoms with Crippen molar-refractivity contribution in [2.24, 2.45) is 11.7 Å². The van der Waals surface area contributed by atoms with E-state index in [1.807, 2.05) is 0 Å². The molecular weight excluding hydrogens is 250 g/mol. The first kappa shape index (κ1) is 13.5. The van der Waals surface area contributed by atoms with Gasteiger partial charge >= 0.3 is 5.69 Å². The number of amides is 1. The van der Waals surface area contributed by atoms with Crippen molar-refractivity contribution in [3.8, 4) is 0 Å². The summed E-state index contributed by atoms with van der Waals surface area (Å²) in [6, 6.07) is 0.114. The Balaban J connectivity index is 1.88. The van der Waals surface area contributed by atoms with Crippen LogP contribution < -0.4 is 11.1 Å². The Morgan fingerprint density at radius 3 is 3.05 bits per heavy atom. The number of nitrogens with two attached hydrogens (primary N) is 1. The van der Waals surface area contributed by atoms with E-state index in [-0.39, 0.29) is 24.2 Å². The second-order valence-electron chi connectivity index (χ2n) is 4.75. The van der Waals surface area contributed by atoms with Gasteiger partial charge in [0, 0.05) is 6.04 Å². The predicted octanol–water partition coefficient (Wildman–Crippen LogP) is 0.0349. The quantitative estimate of drug-likeness (QED) is 0.577. The Bertz CT molecular complexity index is 473. The van der Waals surface area contributed by atoms with E-state index in [9.17, 15) is 14.9 Å². The van der Waals surface area contributed by atoms with E-state index >= 15 is 0 Å². The number of rotatable bonds is 5. The molecule has 2 unspecified atom stereocenters. The number of hydrogen-bond acceptors (Lipinski definition) is 5. The molecule has 1 aromatic heterocycles. The lowest BCUT2D eigenvalue weighted by molar-refractivity contribution is -0.385. The van der Waals surface area contributed by atoms with Gasteiger partial charge in [-0.3, -0.25) is 19.6 Å². The van der Waals surface area contributed by atoms with Gasteiger partial charge < -0.3 is 11.1 Å². The number of nitrogens with one attached hydrogen (secondary N) is 1. The maximum Gasteiger partial charge on any atom is 0.307 e. The Morgan fingerprint density at radius 1 is 1.63 bits per heavy atom. The van der Waals surface area contributed by atoms with Crippen LogP contribution >= 0.6 is 0 Å². The molecule has 0 radical (unpaired) electrons. The van der Waals surface area contributed by atoms with Gasteiger partial charge in [-0.15, -0.1) is 0 Å². The van der Waals surface area contributed by atoms with Gasteiger partial charge in [0.1, 0.15) is 18.9 Å². The molecule has 8 nitrogen and oxygen atoms in total. The van der Waals surface area contributed by atoms with Crippen molar-refractivity contribution in [1.82, 2.24) is 15.1 Å². The monoisotopic (exact) mass is 267 g/mol. The van der Waals surface area contributed by atoms with Crippen molar-refractivity contribution in [2.75, 3.05) is 6.54 Å². The van der Waals surface area contributed by atoms with Crippen molar-refractivity contribution in [3.63, 3.8) is 0 Å². The molecule has 0 saturated heterocycles. The fourth-order valence-electron chi connectivity index (χ4n) is 2.44. The molecule has 0 aliphatic heterocycles. The highest BCUT2D eigenvalue weighted by molar-refractivity contribution is 5.76. The third-order valence-electron chi connectivity index (χ3n) is 3.44. The first-order valence-corrected chi connectivity index (χ1v) is 6.26. The summed E-state index contributed by atoms with van der Waals surface area (Å²) in [7, 11) is 0. The van der Waals surface area contributed by atoms with E-state index in [4.69, 9.17) is 5.73 Å². The van der Waals surface area contributed by atoms with E-state index in [0.717, 1.165) is 25.5 Å². The van der Waals surface area contributed by atoms with Crippen molar-refractivity contribution in [1.29, 1.82) is 0 Å². The number of nitro groups is 1. The Hall–Kier alpha value is -1.96. The molecule has 1 amide bonds. The minimum atomic E-state index is -0.539. The van der Waals surface area contributed by atoms with Gasteiger partial charge in [-0.2, -0.15) is 5.10 Å². The van der Waals surface area contributed by atoms with Gasteiger partial charge in [-0.05, 0) is 25.3 Å². The Kier molecular flexibility index (Phi) is 4.10. The van der Waals surface area contributed by atoms with E-state index in [1.54, 1.807) is 0 Å². The summed E-state index contributed by atoms with van der Waals surface area (Å²) in [4.78, 5) is 21.8. The van der Waals surface area contributed by atoms with Crippen molar-refractivity contribution < 1.29 is 9.72 Å². The average molecular weight is 267 g/mol. The van der Waals surface area contributed by atoms with E-state index in [0.29, 0.717) is 12.5 Å². The number of nitrogens with zero attached hydrogens (tertiary/aromatic N) is 3. The van der Waals surface area contributed by atoms with Crippen LogP contribution in [0.5, 0.6) is 0 Å². The number of aromatic nitrogens is 2. The Morgan fingerprint density at radius 2 is 2.42 bits per heavy atom. The SMILES string of the molecule is NCC1CCCC1NC(=O)Cn1cc([N+](=O)[O-])cn1. The van der Waals surface area contributed by atoms with Crippen LogP contribution in [0, 0.1) is 16.0 Å². The summed E-state index contributed by atoms with van der Waals surface area (Å²) in [5.41, 5.74) is 5.53. The van der Waals surface area contributed by atoms with Gasteiger partial charge in [0.25, 0.3) is 0 Å². The standard InChI is InChI=1S/C11H17N5O3/c12-4-8-2-1-3-10(8)14-11(17)7-15-6-9(5-13-15)16(18)19/h5-6,8,10H,1-4,7,12H2,(H,14,17). The van der Waals surface area contributed by atoms with Crippen LogP contribution in [0.3, 0.4) is 0 Å². The molecule has 1 heterocycles. The molecule has 1 saturated carbocycles. The van der Waals surface area contributed by atoms with Gasteiger partial charge in [0.05, 0.1) is 4.92 Å². The third kappa shape index (κ3) is 3.28. The molecular formula is C11H17N5O3. The van der Waals surface area contributed by atoms with Crippen LogP contribution in [0.1, 0.15) is 19.3 Å². The molecule has 0 aromatic carbocycles. The van der Waals surface area contributed by atoms with Crippen LogP contribution in [0.2, 0.25) is 0 Å². The maximum atomic E-state index is 11.8. The lowest BCUT2D eigenvalue weighted by atomic mass is 10.0. The minimum Gasteiger partial charge on any atom is -0.351 e.